The van der Waals surface area contributed by atoms with Crippen molar-refractivity contribution in [2.24, 2.45) is 5.41 Å². The molecule has 0 aliphatic heterocycles. The third-order valence-corrected chi connectivity index (χ3v) is 3.11. The van der Waals surface area contributed by atoms with E-state index in [1.807, 2.05) is 0 Å². The standard InChI is InChI=1S/C14H21FN2O3/c1-14(2,4-5-20-3)8-17-12-7-10(15)9(13(18)19)6-11(12)16/h6-7,17H,4-5,8,16H2,1-3H3,(H,18,19). The Morgan fingerprint density at radius 3 is 2.70 bits per heavy atom. The monoisotopic (exact) mass is 284 g/mol. The summed E-state index contributed by atoms with van der Waals surface area (Å²) in [6, 6.07) is 2.24. The van der Waals surface area contributed by atoms with Gasteiger partial charge in [-0.2, -0.15) is 0 Å². The Morgan fingerprint density at radius 2 is 2.15 bits per heavy atom. The average molecular weight is 284 g/mol. The van der Waals surface area contributed by atoms with E-state index < -0.39 is 17.3 Å². The Hall–Kier alpha value is -1.82. The largest absolute Gasteiger partial charge is 0.478 e. The van der Waals surface area contributed by atoms with Gasteiger partial charge in [0.05, 0.1) is 16.9 Å². The number of aromatic carboxylic acids is 1. The molecule has 0 spiro atoms. The SMILES string of the molecule is COCCC(C)(C)CNc1cc(F)c(C(=O)O)cc1N. The van der Waals surface area contributed by atoms with Gasteiger partial charge < -0.3 is 20.9 Å². The number of anilines is 2. The molecule has 0 aromatic heterocycles. The Balaban J connectivity index is 2.79. The van der Waals surface area contributed by atoms with E-state index in [0.717, 1.165) is 18.6 Å². The molecule has 5 nitrogen and oxygen atoms in total. The highest BCUT2D eigenvalue weighted by molar-refractivity contribution is 5.90. The van der Waals surface area contributed by atoms with Gasteiger partial charge in [-0.1, -0.05) is 13.8 Å². The molecule has 4 N–H and O–H groups in total. The zero-order chi connectivity index (χ0) is 15.3. The molecule has 0 radical (unpaired) electrons. The van der Waals surface area contributed by atoms with E-state index in [0.29, 0.717) is 18.8 Å². The van der Waals surface area contributed by atoms with Crippen LogP contribution in [0.15, 0.2) is 12.1 Å². The molecule has 0 saturated heterocycles. The molecule has 0 aliphatic carbocycles. The first-order valence-electron chi connectivity index (χ1n) is 6.32. The maximum Gasteiger partial charge on any atom is 0.338 e. The van der Waals surface area contributed by atoms with Crippen molar-refractivity contribution in [2.45, 2.75) is 20.3 Å². The van der Waals surface area contributed by atoms with Crippen LogP contribution in [0.2, 0.25) is 0 Å². The molecular weight excluding hydrogens is 263 g/mol. The smallest absolute Gasteiger partial charge is 0.338 e. The van der Waals surface area contributed by atoms with Crippen LogP contribution in [0.3, 0.4) is 0 Å². The molecule has 0 aliphatic rings. The molecule has 0 amide bonds. The fourth-order valence-corrected chi connectivity index (χ4v) is 1.71. The van der Waals surface area contributed by atoms with E-state index in [1.165, 1.54) is 0 Å². The number of ether oxygens (including phenoxy) is 1. The van der Waals surface area contributed by atoms with Gasteiger partial charge in [0.2, 0.25) is 0 Å². The molecule has 0 heterocycles. The van der Waals surface area contributed by atoms with Gasteiger partial charge in [-0.15, -0.1) is 0 Å². The second kappa shape index (κ2) is 6.56. The van der Waals surface area contributed by atoms with Gasteiger partial charge in [0.15, 0.2) is 0 Å². The van der Waals surface area contributed by atoms with E-state index in [4.69, 9.17) is 15.6 Å². The number of halogens is 1. The van der Waals surface area contributed by atoms with E-state index in [2.05, 4.69) is 19.2 Å². The van der Waals surface area contributed by atoms with Crippen LogP contribution >= 0.6 is 0 Å². The topological polar surface area (TPSA) is 84.6 Å². The van der Waals surface area contributed by atoms with Crippen LogP contribution < -0.4 is 11.1 Å². The Morgan fingerprint density at radius 1 is 1.50 bits per heavy atom. The number of carboxylic acid groups (broad SMARTS) is 1. The molecule has 1 rings (SSSR count). The second-order valence-corrected chi connectivity index (χ2v) is 5.49. The summed E-state index contributed by atoms with van der Waals surface area (Å²) < 4.78 is 18.6. The van der Waals surface area contributed by atoms with Gasteiger partial charge in [0, 0.05) is 20.3 Å². The first kappa shape index (κ1) is 16.2. The molecule has 1 aromatic carbocycles. The lowest BCUT2D eigenvalue weighted by atomic mass is 9.89. The molecule has 0 fully saturated rings. The van der Waals surface area contributed by atoms with Crippen LogP contribution in [0, 0.1) is 11.2 Å². The molecule has 20 heavy (non-hydrogen) atoms. The van der Waals surface area contributed by atoms with E-state index >= 15 is 0 Å². The quantitative estimate of drug-likeness (QED) is 0.670. The number of nitrogens with one attached hydrogen (secondary N) is 1. The number of hydrogen-bond donors (Lipinski definition) is 3. The van der Waals surface area contributed by atoms with Gasteiger partial charge in [-0.05, 0) is 24.0 Å². The third kappa shape index (κ3) is 4.38. The lowest BCUT2D eigenvalue weighted by Gasteiger charge is -2.25. The minimum absolute atomic E-state index is 0.0512. The van der Waals surface area contributed by atoms with E-state index in [9.17, 15) is 9.18 Å². The minimum atomic E-state index is -1.33. The molecule has 0 bridgehead atoms. The lowest BCUT2D eigenvalue weighted by molar-refractivity contribution is 0.0692. The summed E-state index contributed by atoms with van der Waals surface area (Å²) in [6.45, 7) is 5.32. The summed E-state index contributed by atoms with van der Waals surface area (Å²) >= 11 is 0. The normalized spacial score (nSPS) is 11.4. The Labute approximate surface area is 117 Å². The van der Waals surface area contributed by atoms with Crippen molar-refractivity contribution >= 4 is 17.3 Å². The van der Waals surface area contributed by atoms with Crippen LogP contribution in [-0.4, -0.2) is 31.3 Å². The highest BCUT2D eigenvalue weighted by atomic mass is 19.1. The van der Waals surface area contributed by atoms with Crippen molar-refractivity contribution in [1.82, 2.24) is 0 Å². The molecule has 6 heteroatoms. The molecule has 112 valence electrons. The van der Waals surface area contributed by atoms with Crippen molar-refractivity contribution in [3.8, 4) is 0 Å². The first-order chi connectivity index (χ1) is 9.26. The van der Waals surface area contributed by atoms with Crippen molar-refractivity contribution in [3.63, 3.8) is 0 Å². The van der Waals surface area contributed by atoms with Crippen LogP contribution in [0.1, 0.15) is 30.6 Å². The number of nitrogens with two attached hydrogens (primary N) is 1. The fourth-order valence-electron chi connectivity index (χ4n) is 1.71. The highest BCUT2D eigenvalue weighted by Gasteiger charge is 2.19. The zero-order valence-corrected chi connectivity index (χ0v) is 12.0. The molecule has 0 saturated carbocycles. The zero-order valence-electron chi connectivity index (χ0n) is 12.0. The summed E-state index contributed by atoms with van der Waals surface area (Å²) in [4.78, 5) is 10.8. The Kier molecular flexibility index (Phi) is 5.33. The molecule has 0 unspecified atom stereocenters. The van der Waals surface area contributed by atoms with Crippen molar-refractivity contribution in [2.75, 3.05) is 31.3 Å². The maximum atomic E-state index is 13.6. The average Bonchev–Trinajstić information content (AvgIpc) is 2.36. The predicted molar refractivity (Wildman–Crippen MR) is 76.5 cm³/mol. The van der Waals surface area contributed by atoms with Gasteiger partial charge in [-0.3, -0.25) is 0 Å². The highest BCUT2D eigenvalue weighted by Crippen LogP contribution is 2.26. The lowest BCUT2D eigenvalue weighted by Crippen LogP contribution is -2.25. The van der Waals surface area contributed by atoms with Crippen LogP contribution in [0.4, 0.5) is 15.8 Å². The third-order valence-electron chi connectivity index (χ3n) is 3.11. The summed E-state index contributed by atoms with van der Waals surface area (Å²) in [5.74, 6) is -2.13. The van der Waals surface area contributed by atoms with Gasteiger partial charge in [-0.25, -0.2) is 9.18 Å². The summed E-state index contributed by atoms with van der Waals surface area (Å²) in [7, 11) is 1.64. The second-order valence-electron chi connectivity index (χ2n) is 5.49. The summed E-state index contributed by atoms with van der Waals surface area (Å²) in [6.07, 6.45) is 0.839. The van der Waals surface area contributed by atoms with Crippen LogP contribution in [0.5, 0.6) is 0 Å². The summed E-state index contributed by atoms with van der Waals surface area (Å²) in [5, 5.41) is 11.9. The number of hydrogen-bond acceptors (Lipinski definition) is 4. The minimum Gasteiger partial charge on any atom is -0.478 e. The van der Waals surface area contributed by atoms with E-state index in [1.54, 1.807) is 7.11 Å². The number of methoxy groups -OCH3 is 1. The van der Waals surface area contributed by atoms with E-state index in [-0.39, 0.29) is 11.1 Å². The number of carboxylic acids is 1. The van der Waals surface area contributed by atoms with Crippen molar-refractivity contribution in [1.29, 1.82) is 0 Å². The Bertz CT molecular complexity index is 490. The molecule has 0 atom stereocenters. The van der Waals surface area contributed by atoms with Gasteiger partial charge in [0.25, 0.3) is 0 Å². The fraction of sp³-hybridized carbons (Fsp3) is 0.500. The van der Waals surface area contributed by atoms with Gasteiger partial charge >= 0.3 is 5.97 Å². The molecule has 1 aromatic rings. The van der Waals surface area contributed by atoms with Crippen molar-refractivity contribution < 1.29 is 19.0 Å². The first-order valence-corrected chi connectivity index (χ1v) is 6.32. The number of carbonyl (C=O) groups is 1. The number of benzene rings is 1. The molecular formula is C14H21FN2O3. The summed E-state index contributed by atoms with van der Waals surface area (Å²) in [5.41, 5.74) is 5.88. The predicted octanol–water partition coefficient (Wildman–Crippen LogP) is 2.58. The number of rotatable bonds is 7. The maximum absolute atomic E-state index is 13.6. The van der Waals surface area contributed by atoms with Crippen molar-refractivity contribution in [3.05, 3.63) is 23.5 Å². The van der Waals surface area contributed by atoms with Crippen LogP contribution in [0.25, 0.3) is 0 Å². The van der Waals surface area contributed by atoms with Crippen LogP contribution in [-0.2, 0) is 4.74 Å². The number of nitrogen functional groups attached to an aromatic ring is 1. The van der Waals surface area contributed by atoms with Gasteiger partial charge in [0.1, 0.15) is 5.82 Å².